The summed E-state index contributed by atoms with van der Waals surface area (Å²) >= 11 is 0. The lowest BCUT2D eigenvalue weighted by atomic mass is 10.1. The van der Waals surface area contributed by atoms with Gasteiger partial charge in [0.2, 0.25) is 0 Å². The summed E-state index contributed by atoms with van der Waals surface area (Å²) < 4.78 is 41.5. The molecule has 0 radical (unpaired) electrons. The van der Waals surface area contributed by atoms with E-state index in [9.17, 15) is 23.1 Å². The van der Waals surface area contributed by atoms with Crippen molar-refractivity contribution in [1.29, 1.82) is 0 Å². The Hall–Kier alpha value is -2.99. The van der Waals surface area contributed by atoms with Crippen LogP contribution in [-0.4, -0.2) is 55.5 Å². The van der Waals surface area contributed by atoms with Crippen LogP contribution in [0.1, 0.15) is 49.7 Å². The van der Waals surface area contributed by atoms with Crippen LogP contribution in [0.3, 0.4) is 0 Å². The van der Waals surface area contributed by atoms with Gasteiger partial charge in [-0.1, -0.05) is 6.07 Å². The third-order valence-electron chi connectivity index (χ3n) is 3.96. The number of benzene rings is 2. The van der Waals surface area contributed by atoms with Crippen LogP contribution in [0.2, 0.25) is 0 Å². The highest BCUT2D eigenvalue weighted by molar-refractivity contribution is 7.85. The van der Waals surface area contributed by atoms with Gasteiger partial charge in [0.1, 0.15) is 5.75 Å². The Morgan fingerprint density at radius 1 is 1.03 bits per heavy atom. The van der Waals surface area contributed by atoms with Gasteiger partial charge in [0.15, 0.2) is 11.5 Å². The summed E-state index contributed by atoms with van der Waals surface area (Å²) in [4.78, 5) is 23.9. The fourth-order valence-electron chi connectivity index (χ4n) is 2.46. The third-order valence-corrected chi connectivity index (χ3v) is 3.96. The van der Waals surface area contributed by atoms with Gasteiger partial charge in [-0.25, -0.2) is 4.79 Å². The molecular formula is C23H31NO9S. The quantitative estimate of drug-likeness (QED) is 0.296. The van der Waals surface area contributed by atoms with Crippen molar-refractivity contribution in [2.24, 2.45) is 0 Å². The first-order valence-corrected chi connectivity index (χ1v) is 12.0. The molecule has 0 aliphatic rings. The number of rotatable bonds is 7. The summed E-state index contributed by atoms with van der Waals surface area (Å²) in [5, 5.41) is 13.6. The molecule has 10 nitrogen and oxygen atoms in total. The molecule has 2 aromatic rings. The molecule has 2 aromatic carbocycles. The van der Waals surface area contributed by atoms with Gasteiger partial charge in [-0.05, 0) is 62.7 Å². The minimum Gasteiger partial charge on any atom is -0.497 e. The molecule has 1 atom stereocenters. The van der Waals surface area contributed by atoms with Gasteiger partial charge in [-0.15, -0.1) is 0 Å². The van der Waals surface area contributed by atoms with Crippen molar-refractivity contribution in [2.75, 3.05) is 19.9 Å². The van der Waals surface area contributed by atoms with Crippen LogP contribution in [0.15, 0.2) is 42.5 Å². The summed E-state index contributed by atoms with van der Waals surface area (Å²) in [6.07, 6.45) is -0.109. The van der Waals surface area contributed by atoms with E-state index >= 15 is 0 Å². The Balaban J connectivity index is 0.00000104. The van der Waals surface area contributed by atoms with E-state index in [4.69, 9.17) is 18.8 Å². The van der Waals surface area contributed by atoms with E-state index in [1.54, 1.807) is 30.3 Å². The lowest BCUT2D eigenvalue weighted by Gasteiger charge is -2.23. The number of hydrogen-bond acceptors (Lipinski definition) is 9. The van der Waals surface area contributed by atoms with Gasteiger partial charge < -0.3 is 24.6 Å². The predicted octanol–water partition coefficient (Wildman–Crippen LogP) is 2.77. The molecule has 0 saturated heterocycles. The van der Waals surface area contributed by atoms with Crippen LogP contribution >= 0.6 is 0 Å². The van der Waals surface area contributed by atoms with E-state index in [1.807, 2.05) is 20.8 Å². The number of ether oxygens (including phenoxy) is 3. The molecule has 188 valence electrons. The molecule has 1 unspecified atom stereocenters. The first kappa shape index (κ1) is 29.0. The minimum absolute atomic E-state index is 0.0617. The van der Waals surface area contributed by atoms with Crippen LogP contribution in [0, 0.1) is 0 Å². The van der Waals surface area contributed by atoms with E-state index in [0.29, 0.717) is 29.7 Å². The molecule has 0 fully saturated rings. The average molecular weight is 498 g/mol. The highest BCUT2D eigenvalue weighted by atomic mass is 32.2. The standard InChI is InChI=1S/C22H27NO6.CH4O3S/c1-14(24)28-20-12-16(18(25)13-23-22(2,3)4)8-11-19(20)29-21(26)15-6-9-17(27-5)10-7-15;1-5(2,3)4/h6-12,18,23,25H,13H2,1-5H3;1H3,(H,2,3,4). The van der Waals surface area contributed by atoms with Crippen LogP contribution < -0.4 is 19.5 Å². The molecule has 0 aromatic heterocycles. The molecule has 0 aliphatic carbocycles. The lowest BCUT2D eigenvalue weighted by Crippen LogP contribution is -2.38. The highest BCUT2D eigenvalue weighted by Gasteiger charge is 2.19. The third kappa shape index (κ3) is 11.8. The van der Waals surface area contributed by atoms with Crippen LogP contribution in [0.25, 0.3) is 0 Å². The summed E-state index contributed by atoms with van der Waals surface area (Å²) in [5.41, 5.74) is 0.688. The molecule has 0 amide bonds. The predicted molar refractivity (Wildman–Crippen MR) is 126 cm³/mol. The van der Waals surface area contributed by atoms with Gasteiger partial charge in [0.05, 0.1) is 25.0 Å². The summed E-state index contributed by atoms with van der Waals surface area (Å²) in [6.45, 7) is 7.54. The number of β-amino-alcohol motifs (C(OH)–C–C–N with tert-alkyl or cyclic N) is 1. The molecule has 0 spiro atoms. The van der Waals surface area contributed by atoms with Crippen molar-refractivity contribution >= 4 is 22.1 Å². The van der Waals surface area contributed by atoms with Gasteiger partial charge in [0, 0.05) is 19.0 Å². The second-order valence-electron chi connectivity index (χ2n) is 8.30. The Labute approximate surface area is 199 Å². The molecule has 0 bridgehead atoms. The van der Waals surface area contributed by atoms with Crippen LogP contribution in [0.4, 0.5) is 0 Å². The number of carbonyl (C=O) groups is 2. The molecule has 34 heavy (non-hydrogen) atoms. The fourth-order valence-corrected chi connectivity index (χ4v) is 2.46. The van der Waals surface area contributed by atoms with Crippen molar-refractivity contribution < 1.29 is 41.9 Å². The Bertz CT molecular complexity index is 1070. The Kier molecular flexibility index (Phi) is 10.6. The first-order valence-electron chi connectivity index (χ1n) is 10.1. The number of nitrogens with one attached hydrogen (secondary N) is 1. The zero-order valence-electron chi connectivity index (χ0n) is 20.0. The molecule has 2 rings (SSSR count). The zero-order chi connectivity index (χ0) is 26.1. The van der Waals surface area contributed by atoms with Crippen molar-refractivity contribution in [3.63, 3.8) is 0 Å². The number of esters is 2. The Morgan fingerprint density at radius 2 is 1.59 bits per heavy atom. The van der Waals surface area contributed by atoms with E-state index in [-0.39, 0.29) is 17.0 Å². The van der Waals surface area contributed by atoms with E-state index in [2.05, 4.69) is 5.32 Å². The number of carbonyl (C=O) groups excluding carboxylic acids is 2. The fraction of sp³-hybridized carbons (Fsp3) is 0.391. The summed E-state index contributed by atoms with van der Waals surface area (Å²) in [6, 6.07) is 11.0. The zero-order valence-corrected chi connectivity index (χ0v) is 20.8. The molecule has 0 heterocycles. The molecule has 3 N–H and O–H groups in total. The van der Waals surface area contributed by atoms with Crippen LogP contribution in [0.5, 0.6) is 17.2 Å². The number of aliphatic hydroxyl groups is 1. The molecular weight excluding hydrogens is 466 g/mol. The maximum Gasteiger partial charge on any atom is 0.343 e. The molecule has 11 heteroatoms. The maximum atomic E-state index is 12.4. The van der Waals surface area contributed by atoms with Crippen molar-refractivity contribution in [3.8, 4) is 17.2 Å². The smallest absolute Gasteiger partial charge is 0.343 e. The number of hydrogen-bond donors (Lipinski definition) is 3. The van der Waals surface area contributed by atoms with Gasteiger partial charge >= 0.3 is 11.9 Å². The SMILES string of the molecule is COc1ccc(C(=O)Oc2ccc(C(O)CNC(C)(C)C)cc2OC(C)=O)cc1.CS(=O)(=O)O. The van der Waals surface area contributed by atoms with Crippen molar-refractivity contribution in [2.45, 2.75) is 39.3 Å². The van der Waals surface area contributed by atoms with Gasteiger partial charge in [-0.3, -0.25) is 9.35 Å². The second kappa shape index (κ2) is 12.5. The summed E-state index contributed by atoms with van der Waals surface area (Å²) in [5.74, 6) is -0.410. The normalized spacial score (nSPS) is 12.1. The molecule has 0 saturated carbocycles. The first-order chi connectivity index (χ1) is 15.6. The van der Waals surface area contributed by atoms with Crippen LogP contribution in [-0.2, 0) is 14.9 Å². The summed E-state index contributed by atoms with van der Waals surface area (Å²) in [7, 11) is -2.13. The Morgan fingerprint density at radius 3 is 2.06 bits per heavy atom. The van der Waals surface area contributed by atoms with Crippen molar-refractivity contribution in [1.82, 2.24) is 5.32 Å². The number of methoxy groups -OCH3 is 1. The topological polar surface area (TPSA) is 148 Å². The van der Waals surface area contributed by atoms with E-state index in [1.165, 1.54) is 26.2 Å². The largest absolute Gasteiger partial charge is 0.497 e. The lowest BCUT2D eigenvalue weighted by molar-refractivity contribution is -0.132. The van der Waals surface area contributed by atoms with E-state index in [0.717, 1.165) is 0 Å². The minimum atomic E-state index is -3.67. The molecule has 0 aliphatic heterocycles. The monoisotopic (exact) mass is 497 g/mol. The highest BCUT2D eigenvalue weighted by Crippen LogP contribution is 2.31. The van der Waals surface area contributed by atoms with E-state index < -0.39 is 28.2 Å². The van der Waals surface area contributed by atoms with Gasteiger partial charge in [0.25, 0.3) is 10.1 Å². The average Bonchev–Trinajstić information content (AvgIpc) is 2.71. The second-order valence-corrected chi connectivity index (χ2v) is 9.76. The number of aliphatic hydroxyl groups excluding tert-OH is 1. The van der Waals surface area contributed by atoms with Crippen molar-refractivity contribution in [3.05, 3.63) is 53.6 Å². The maximum absolute atomic E-state index is 12.4. The van der Waals surface area contributed by atoms with Gasteiger partial charge in [-0.2, -0.15) is 8.42 Å².